The van der Waals surface area contributed by atoms with Crippen LogP contribution in [-0.2, 0) is 9.59 Å². The van der Waals surface area contributed by atoms with Crippen LogP contribution in [0.15, 0.2) is 24.3 Å². The van der Waals surface area contributed by atoms with Gasteiger partial charge in [-0.1, -0.05) is 23.9 Å². The number of imide groups is 2. The zero-order chi connectivity index (χ0) is 21.5. The standard InChI is InChI=1S/C20H22N2O6S/c1-11(10-29-13(3)23)19(26)22(20(27)28)9-14(8-12(22)2)21-17(24)15-6-4-5-7-16(15)18(21)25/h4-7,11-12,14H,8-10H2,1-3H3/p+1/t11?,12?,14-,22-/m0/s1. The predicted molar refractivity (Wildman–Crippen MR) is 105 cm³/mol. The summed E-state index contributed by atoms with van der Waals surface area (Å²) in [6.45, 7) is 4.47. The Labute approximate surface area is 172 Å². The smallest absolute Gasteiger partial charge is 0.435 e. The van der Waals surface area contributed by atoms with E-state index in [-0.39, 0.29) is 23.8 Å². The molecule has 9 heteroatoms. The van der Waals surface area contributed by atoms with Crippen LogP contribution in [0.1, 0.15) is 47.9 Å². The van der Waals surface area contributed by atoms with E-state index in [0.717, 1.165) is 16.7 Å². The SMILES string of the molecule is CC(=O)SCC(C)C(=O)[N@+]1(C(=O)O)C[C@@H](N2C(=O)c3ccccc3C2=O)CC1C. The molecule has 0 spiro atoms. The van der Waals surface area contributed by atoms with Crippen LogP contribution >= 0.6 is 11.8 Å². The van der Waals surface area contributed by atoms with E-state index in [1.54, 1.807) is 38.1 Å². The molecule has 2 heterocycles. The molecule has 2 unspecified atom stereocenters. The maximum atomic E-state index is 13.2. The molecule has 29 heavy (non-hydrogen) atoms. The lowest BCUT2D eigenvalue weighted by Crippen LogP contribution is -2.61. The first-order chi connectivity index (χ1) is 13.6. The molecular formula is C20H23N2O6S+. The number of amides is 4. The molecule has 1 saturated heterocycles. The van der Waals surface area contributed by atoms with Crippen molar-refractivity contribution in [3.05, 3.63) is 35.4 Å². The topological polar surface area (TPSA) is 109 Å². The molecule has 0 aliphatic carbocycles. The number of carboxylic acid groups (broad SMARTS) is 1. The monoisotopic (exact) mass is 419 g/mol. The largest absolute Gasteiger partial charge is 0.521 e. The average Bonchev–Trinajstić information content (AvgIpc) is 3.14. The van der Waals surface area contributed by atoms with Crippen LogP contribution in [0.5, 0.6) is 0 Å². The summed E-state index contributed by atoms with van der Waals surface area (Å²) in [4.78, 5) is 63.3. The van der Waals surface area contributed by atoms with E-state index in [1.165, 1.54) is 6.92 Å². The minimum absolute atomic E-state index is 0.148. The molecule has 1 aromatic carbocycles. The van der Waals surface area contributed by atoms with Crippen molar-refractivity contribution in [2.24, 2.45) is 5.92 Å². The van der Waals surface area contributed by atoms with E-state index < -0.39 is 46.3 Å². The number of hydrogen-bond acceptors (Lipinski definition) is 6. The summed E-state index contributed by atoms with van der Waals surface area (Å²) in [5.74, 6) is -1.91. The quantitative estimate of drug-likeness (QED) is 0.589. The molecule has 3 rings (SSSR count). The van der Waals surface area contributed by atoms with Crippen molar-refractivity contribution in [1.82, 2.24) is 4.90 Å². The Balaban J connectivity index is 1.89. The van der Waals surface area contributed by atoms with Crippen LogP contribution in [0.3, 0.4) is 0 Å². The molecule has 0 aromatic heterocycles. The normalized spacial score (nSPS) is 27.1. The first kappa shape index (κ1) is 21.2. The minimum atomic E-state index is -1.30. The third-order valence-corrected chi connectivity index (χ3v) is 6.82. The van der Waals surface area contributed by atoms with Crippen molar-refractivity contribution in [1.29, 1.82) is 0 Å². The molecule has 0 saturated carbocycles. The van der Waals surface area contributed by atoms with E-state index in [4.69, 9.17) is 0 Å². The van der Waals surface area contributed by atoms with Gasteiger partial charge in [0.25, 0.3) is 11.8 Å². The van der Waals surface area contributed by atoms with Gasteiger partial charge < -0.3 is 5.11 Å². The van der Waals surface area contributed by atoms with Gasteiger partial charge in [-0.05, 0) is 26.0 Å². The molecule has 8 nitrogen and oxygen atoms in total. The van der Waals surface area contributed by atoms with Crippen LogP contribution in [0.25, 0.3) is 0 Å². The molecule has 2 aliphatic heterocycles. The summed E-state index contributed by atoms with van der Waals surface area (Å²) in [6, 6.07) is 5.17. The van der Waals surface area contributed by atoms with Gasteiger partial charge in [-0.3, -0.25) is 19.3 Å². The van der Waals surface area contributed by atoms with E-state index >= 15 is 0 Å². The van der Waals surface area contributed by atoms with Crippen LogP contribution in [0, 0.1) is 5.92 Å². The molecule has 4 amide bonds. The predicted octanol–water partition coefficient (Wildman–Crippen LogP) is 2.38. The fourth-order valence-corrected chi connectivity index (χ4v) is 4.89. The number of quaternary nitrogens is 1. The van der Waals surface area contributed by atoms with Gasteiger partial charge in [-0.25, -0.2) is 4.79 Å². The molecule has 1 aromatic rings. The molecule has 1 fully saturated rings. The highest BCUT2D eigenvalue weighted by Gasteiger charge is 2.60. The van der Waals surface area contributed by atoms with Gasteiger partial charge in [-0.2, -0.15) is 9.28 Å². The summed E-state index contributed by atoms with van der Waals surface area (Å²) in [5, 5.41) is 9.84. The third-order valence-electron chi connectivity index (χ3n) is 5.75. The van der Waals surface area contributed by atoms with Crippen molar-refractivity contribution in [2.45, 2.75) is 39.3 Å². The highest BCUT2D eigenvalue weighted by Crippen LogP contribution is 2.36. The number of carbonyl (C=O) groups excluding carboxylic acids is 4. The fraction of sp³-hybridized carbons (Fsp3) is 0.450. The zero-order valence-corrected chi connectivity index (χ0v) is 17.3. The molecular weight excluding hydrogens is 396 g/mol. The number of nitrogens with zero attached hydrogens (tertiary/aromatic N) is 2. The lowest BCUT2D eigenvalue weighted by Gasteiger charge is -2.32. The van der Waals surface area contributed by atoms with Crippen molar-refractivity contribution in [3.8, 4) is 0 Å². The van der Waals surface area contributed by atoms with Crippen LogP contribution < -0.4 is 0 Å². The Bertz CT molecular complexity index is 881. The first-order valence-corrected chi connectivity index (χ1v) is 10.4. The van der Waals surface area contributed by atoms with E-state index in [9.17, 15) is 29.1 Å². The zero-order valence-electron chi connectivity index (χ0n) is 16.5. The van der Waals surface area contributed by atoms with Gasteiger partial charge in [0, 0.05) is 19.1 Å². The summed E-state index contributed by atoms with van der Waals surface area (Å²) in [6.07, 6.45) is -1.09. The minimum Gasteiger partial charge on any atom is -0.435 e. The number of benzene rings is 1. The second-order valence-electron chi connectivity index (χ2n) is 7.64. The number of rotatable bonds is 4. The molecule has 1 N–H and O–H groups in total. The average molecular weight is 419 g/mol. The highest BCUT2D eigenvalue weighted by molar-refractivity contribution is 8.13. The number of carbonyl (C=O) groups is 5. The Morgan fingerprint density at radius 3 is 2.24 bits per heavy atom. The van der Waals surface area contributed by atoms with Crippen LogP contribution in [0.2, 0.25) is 0 Å². The van der Waals surface area contributed by atoms with E-state index in [2.05, 4.69) is 0 Å². The van der Waals surface area contributed by atoms with Crippen molar-refractivity contribution < 1.29 is 33.6 Å². The Kier molecular flexibility index (Phi) is 5.64. The molecule has 2 aliphatic rings. The van der Waals surface area contributed by atoms with Crippen molar-refractivity contribution in [3.63, 3.8) is 0 Å². The van der Waals surface area contributed by atoms with Gasteiger partial charge in [0.1, 0.15) is 12.6 Å². The summed E-state index contributed by atoms with van der Waals surface area (Å²) >= 11 is 0.975. The second kappa shape index (κ2) is 7.72. The lowest BCUT2D eigenvalue weighted by atomic mass is 10.1. The van der Waals surface area contributed by atoms with Crippen molar-refractivity contribution >= 4 is 40.7 Å². The van der Waals surface area contributed by atoms with Gasteiger partial charge in [-0.15, -0.1) is 0 Å². The fourth-order valence-electron chi connectivity index (χ4n) is 4.26. The van der Waals surface area contributed by atoms with Gasteiger partial charge in [0.05, 0.1) is 23.1 Å². The Morgan fingerprint density at radius 1 is 1.21 bits per heavy atom. The molecule has 0 radical (unpaired) electrons. The maximum absolute atomic E-state index is 13.2. The number of fused-ring (bicyclic) bond motifs is 1. The third kappa shape index (κ3) is 3.38. The van der Waals surface area contributed by atoms with Gasteiger partial charge >= 0.3 is 12.0 Å². The van der Waals surface area contributed by atoms with E-state index in [0.29, 0.717) is 11.1 Å². The van der Waals surface area contributed by atoms with Crippen LogP contribution in [-0.4, -0.2) is 67.8 Å². The summed E-state index contributed by atoms with van der Waals surface area (Å²) < 4.78 is -0.850. The number of likely N-dealkylation sites (tertiary alicyclic amines) is 1. The lowest BCUT2D eigenvalue weighted by molar-refractivity contribution is -0.794. The Hall–Kier alpha value is -2.52. The first-order valence-electron chi connectivity index (χ1n) is 9.37. The van der Waals surface area contributed by atoms with Gasteiger partial charge in [0.2, 0.25) is 0 Å². The number of thioether (sulfide) groups is 1. The number of hydrogen-bond donors (Lipinski definition) is 1. The highest BCUT2D eigenvalue weighted by atomic mass is 32.2. The second-order valence-corrected chi connectivity index (χ2v) is 8.84. The Morgan fingerprint density at radius 2 is 1.76 bits per heavy atom. The molecule has 0 bridgehead atoms. The van der Waals surface area contributed by atoms with E-state index in [1.807, 2.05) is 0 Å². The molecule has 154 valence electrons. The molecule has 4 atom stereocenters. The van der Waals surface area contributed by atoms with Crippen molar-refractivity contribution in [2.75, 3.05) is 12.3 Å². The van der Waals surface area contributed by atoms with Gasteiger partial charge in [0.15, 0.2) is 5.12 Å². The van der Waals surface area contributed by atoms with Crippen LogP contribution in [0.4, 0.5) is 4.79 Å². The maximum Gasteiger partial charge on any atom is 0.521 e. The summed E-state index contributed by atoms with van der Waals surface area (Å²) in [5.41, 5.74) is 0.589. The summed E-state index contributed by atoms with van der Waals surface area (Å²) in [7, 11) is 0.